The van der Waals surface area contributed by atoms with Gasteiger partial charge in [0.05, 0.1) is 13.0 Å². The van der Waals surface area contributed by atoms with Gasteiger partial charge in [0.25, 0.3) is 5.91 Å². The molecule has 5 heteroatoms. The highest BCUT2D eigenvalue weighted by molar-refractivity contribution is 5.92. The molecule has 2 heterocycles. The van der Waals surface area contributed by atoms with Gasteiger partial charge < -0.3 is 14.1 Å². The Labute approximate surface area is 106 Å². The van der Waals surface area contributed by atoms with Crippen LogP contribution < -0.4 is 0 Å². The molecule has 0 aromatic carbocycles. The van der Waals surface area contributed by atoms with Crippen LogP contribution in [-0.4, -0.2) is 37.0 Å². The van der Waals surface area contributed by atoms with Gasteiger partial charge in [-0.15, -0.1) is 0 Å². The van der Waals surface area contributed by atoms with Crippen molar-refractivity contribution in [2.45, 2.75) is 13.8 Å². The van der Waals surface area contributed by atoms with Crippen LogP contribution in [0, 0.1) is 18.8 Å². The number of hydrogen-bond acceptors (Lipinski definition) is 4. The predicted molar refractivity (Wildman–Crippen MR) is 64.0 cm³/mol. The highest BCUT2D eigenvalue weighted by Gasteiger charge is 2.38. The molecule has 1 amide bonds. The molecule has 0 spiro atoms. The molecule has 2 unspecified atom stereocenters. The number of nitrogens with zero attached hydrogens (tertiary/aromatic N) is 1. The highest BCUT2D eigenvalue weighted by atomic mass is 16.5. The Morgan fingerprint density at radius 2 is 2.11 bits per heavy atom. The third kappa shape index (κ3) is 2.25. The summed E-state index contributed by atoms with van der Waals surface area (Å²) in [5, 5.41) is 0. The molecule has 98 valence electrons. The summed E-state index contributed by atoms with van der Waals surface area (Å²) in [5.74, 6) is 0.475. The van der Waals surface area contributed by atoms with Gasteiger partial charge in [-0.1, -0.05) is 6.92 Å². The maximum Gasteiger partial charge on any atom is 0.310 e. The van der Waals surface area contributed by atoms with Crippen LogP contribution in [-0.2, 0) is 9.53 Å². The minimum absolute atomic E-state index is 0.109. The van der Waals surface area contributed by atoms with Crippen molar-refractivity contribution in [2.24, 2.45) is 11.8 Å². The van der Waals surface area contributed by atoms with Gasteiger partial charge in [0.15, 0.2) is 5.76 Å². The topological polar surface area (TPSA) is 59.8 Å². The minimum atomic E-state index is -0.256. The van der Waals surface area contributed by atoms with Crippen molar-refractivity contribution in [1.82, 2.24) is 4.90 Å². The zero-order chi connectivity index (χ0) is 13.3. The monoisotopic (exact) mass is 251 g/mol. The number of hydrogen-bond donors (Lipinski definition) is 0. The van der Waals surface area contributed by atoms with E-state index in [1.165, 1.54) is 7.11 Å². The molecule has 1 fully saturated rings. The lowest BCUT2D eigenvalue weighted by Crippen LogP contribution is -2.29. The summed E-state index contributed by atoms with van der Waals surface area (Å²) in [7, 11) is 1.37. The van der Waals surface area contributed by atoms with Gasteiger partial charge >= 0.3 is 5.97 Å². The van der Waals surface area contributed by atoms with Crippen LogP contribution in [0.25, 0.3) is 0 Å². The van der Waals surface area contributed by atoms with Crippen molar-refractivity contribution >= 4 is 11.9 Å². The maximum atomic E-state index is 12.1. The SMILES string of the molecule is COC(=O)C1CN(C(=O)c2ccc(C)o2)CC1C. The first-order valence-corrected chi connectivity index (χ1v) is 5.96. The molecule has 1 saturated heterocycles. The standard InChI is InChI=1S/C13H17NO4/c1-8-6-14(7-10(8)13(16)17-3)12(15)11-5-4-9(2)18-11/h4-5,8,10H,6-7H2,1-3H3. The summed E-state index contributed by atoms with van der Waals surface area (Å²) in [6, 6.07) is 3.42. The second-order valence-electron chi connectivity index (χ2n) is 4.73. The molecule has 1 aromatic rings. The minimum Gasteiger partial charge on any atom is -0.469 e. The van der Waals surface area contributed by atoms with Crippen LogP contribution >= 0.6 is 0 Å². The van der Waals surface area contributed by atoms with E-state index in [2.05, 4.69) is 0 Å². The average molecular weight is 251 g/mol. The zero-order valence-electron chi connectivity index (χ0n) is 10.8. The van der Waals surface area contributed by atoms with E-state index in [1.54, 1.807) is 24.0 Å². The van der Waals surface area contributed by atoms with Gasteiger partial charge in [0, 0.05) is 13.1 Å². The first kappa shape index (κ1) is 12.7. The van der Waals surface area contributed by atoms with Crippen molar-refractivity contribution in [3.8, 4) is 0 Å². The van der Waals surface area contributed by atoms with Crippen LogP contribution in [0.4, 0.5) is 0 Å². The smallest absolute Gasteiger partial charge is 0.310 e. The fourth-order valence-corrected chi connectivity index (χ4v) is 2.30. The summed E-state index contributed by atoms with van der Waals surface area (Å²) < 4.78 is 10.0. The Balaban J connectivity index is 2.08. The third-order valence-corrected chi connectivity index (χ3v) is 3.35. The molecule has 1 aliphatic rings. The summed E-state index contributed by atoms with van der Waals surface area (Å²) in [6.07, 6.45) is 0. The number of furan rings is 1. The Bertz CT molecular complexity index is 465. The first-order valence-electron chi connectivity index (χ1n) is 5.96. The molecule has 2 rings (SSSR count). The van der Waals surface area contributed by atoms with E-state index in [-0.39, 0.29) is 23.7 Å². The summed E-state index contributed by atoms with van der Waals surface area (Å²) in [5.41, 5.74) is 0. The van der Waals surface area contributed by atoms with E-state index in [1.807, 2.05) is 6.92 Å². The number of methoxy groups -OCH3 is 1. The predicted octanol–water partition coefficient (Wildman–Crippen LogP) is 1.47. The Morgan fingerprint density at radius 1 is 1.39 bits per heavy atom. The third-order valence-electron chi connectivity index (χ3n) is 3.35. The second-order valence-corrected chi connectivity index (χ2v) is 4.73. The molecule has 0 N–H and O–H groups in total. The van der Waals surface area contributed by atoms with E-state index in [0.29, 0.717) is 24.6 Å². The van der Waals surface area contributed by atoms with Crippen molar-refractivity contribution in [1.29, 1.82) is 0 Å². The molecule has 0 radical (unpaired) electrons. The lowest BCUT2D eigenvalue weighted by molar-refractivity contribution is -0.146. The van der Waals surface area contributed by atoms with Crippen molar-refractivity contribution in [2.75, 3.05) is 20.2 Å². The number of carbonyl (C=O) groups excluding carboxylic acids is 2. The number of carbonyl (C=O) groups is 2. The molecule has 5 nitrogen and oxygen atoms in total. The molecular weight excluding hydrogens is 234 g/mol. The van der Waals surface area contributed by atoms with Crippen molar-refractivity contribution in [3.63, 3.8) is 0 Å². The maximum absolute atomic E-state index is 12.1. The normalized spacial score (nSPS) is 23.2. The fraction of sp³-hybridized carbons (Fsp3) is 0.538. The van der Waals surface area contributed by atoms with Crippen LogP contribution in [0.15, 0.2) is 16.5 Å². The molecular formula is C13H17NO4. The highest BCUT2D eigenvalue weighted by Crippen LogP contribution is 2.25. The number of rotatable bonds is 2. The molecule has 0 bridgehead atoms. The van der Waals surface area contributed by atoms with Crippen molar-refractivity contribution in [3.05, 3.63) is 23.7 Å². The van der Waals surface area contributed by atoms with E-state index in [0.717, 1.165) is 0 Å². The number of aryl methyl sites for hydroxylation is 1. The van der Waals surface area contributed by atoms with Gasteiger partial charge in [0.2, 0.25) is 0 Å². The zero-order valence-corrected chi connectivity index (χ0v) is 10.8. The molecule has 1 aliphatic heterocycles. The quantitative estimate of drug-likeness (QED) is 0.747. The van der Waals surface area contributed by atoms with Crippen LogP contribution in [0.1, 0.15) is 23.2 Å². The summed E-state index contributed by atoms with van der Waals surface area (Å²) in [6.45, 7) is 4.69. The first-order chi connectivity index (χ1) is 8.52. The van der Waals surface area contributed by atoms with Gasteiger partial charge in [-0.2, -0.15) is 0 Å². The van der Waals surface area contributed by atoms with E-state index in [4.69, 9.17) is 9.15 Å². The van der Waals surface area contributed by atoms with E-state index >= 15 is 0 Å². The van der Waals surface area contributed by atoms with Gasteiger partial charge in [-0.05, 0) is 25.0 Å². The molecule has 0 saturated carbocycles. The Kier molecular flexibility index (Phi) is 3.41. The number of amides is 1. The van der Waals surface area contributed by atoms with Crippen LogP contribution in [0.5, 0.6) is 0 Å². The van der Waals surface area contributed by atoms with Crippen molar-refractivity contribution < 1.29 is 18.7 Å². The number of esters is 1. The average Bonchev–Trinajstić information content (AvgIpc) is 2.94. The molecule has 0 aliphatic carbocycles. The largest absolute Gasteiger partial charge is 0.469 e. The summed E-state index contributed by atoms with van der Waals surface area (Å²) >= 11 is 0. The summed E-state index contributed by atoms with van der Waals surface area (Å²) in [4.78, 5) is 25.3. The Morgan fingerprint density at radius 3 is 2.67 bits per heavy atom. The van der Waals surface area contributed by atoms with E-state index in [9.17, 15) is 9.59 Å². The second kappa shape index (κ2) is 4.84. The lowest BCUT2D eigenvalue weighted by atomic mass is 9.99. The fourth-order valence-electron chi connectivity index (χ4n) is 2.30. The van der Waals surface area contributed by atoms with Crippen LogP contribution in [0.2, 0.25) is 0 Å². The van der Waals surface area contributed by atoms with Gasteiger partial charge in [-0.3, -0.25) is 9.59 Å². The molecule has 1 aromatic heterocycles. The molecule has 2 atom stereocenters. The Hall–Kier alpha value is -1.78. The van der Waals surface area contributed by atoms with Gasteiger partial charge in [-0.25, -0.2) is 0 Å². The lowest BCUT2D eigenvalue weighted by Gasteiger charge is -2.14. The molecule has 18 heavy (non-hydrogen) atoms. The number of ether oxygens (including phenoxy) is 1. The number of likely N-dealkylation sites (tertiary alicyclic amines) is 1. The van der Waals surface area contributed by atoms with E-state index < -0.39 is 0 Å². The van der Waals surface area contributed by atoms with Gasteiger partial charge in [0.1, 0.15) is 5.76 Å². The van der Waals surface area contributed by atoms with Crippen LogP contribution in [0.3, 0.4) is 0 Å².